The van der Waals surface area contributed by atoms with Crippen LogP contribution in [0.1, 0.15) is 124 Å². The molecule has 0 aromatic rings. The number of unbranched alkanes of at least 4 members (excludes halogenated alkanes) is 2. The first-order chi connectivity index (χ1) is 23.4. The Kier molecular flexibility index (Phi) is 14.9. The molecule has 5 rings (SSSR count). The van der Waals surface area contributed by atoms with Crippen molar-refractivity contribution in [2.45, 2.75) is 160 Å². The fourth-order valence-electron chi connectivity index (χ4n) is 8.37. The Balaban J connectivity index is 1.08. The maximum Gasteiger partial charge on any atom is 0.409 e. The number of ether oxygens (including phenoxy) is 4. The van der Waals surface area contributed by atoms with Gasteiger partial charge in [-0.3, -0.25) is 4.79 Å². The lowest BCUT2D eigenvalue weighted by molar-refractivity contribution is -0.154. The molecule has 0 radical (unpaired) electrons. The Morgan fingerprint density at radius 1 is 0.854 bits per heavy atom. The number of fused-ring (bicyclic) bond motifs is 4. The number of allylic oxidation sites excluding steroid dienone is 3. The van der Waals surface area contributed by atoms with E-state index in [2.05, 4.69) is 56.1 Å². The Labute approximate surface area is 290 Å². The van der Waals surface area contributed by atoms with Gasteiger partial charge in [0.25, 0.3) is 0 Å². The van der Waals surface area contributed by atoms with Crippen molar-refractivity contribution in [3.8, 4) is 0 Å². The molecule has 0 N–H and O–H groups in total. The molecule has 0 aliphatic carbocycles. The predicted octanol–water partition coefficient (Wildman–Crippen LogP) is 8.16. The molecule has 0 aromatic carbocycles. The molecule has 8 heteroatoms. The first-order valence-corrected chi connectivity index (χ1v) is 19.5. The van der Waals surface area contributed by atoms with Gasteiger partial charge in [0.15, 0.2) is 0 Å². The minimum absolute atomic E-state index is 0.0479. The second-order valence-corrected chi connectivity index (χ2v) is 15.3. The molecule has 7 unspecified atom stereocenters. The molecule has 4 bridgehead atoms. The van der Waals surface area contributed by atoms with Crippen LogP contribution in [0.15, 0.2) is 36.0 Å². The van der Waals surface area contributed by atoms with E-state index in [1.807, 2.05) is 4.90 Å². The fourth-order valence-corrected chi connectivity index (χ4v) is 8.37. The number of rotatable bonds is 7. The summed E-state index contributed by atoms with van der Waals surface area (Å²) in [6.45, 7) is 10.9. The van der Waals surface area contributed by atoms with Crippen LogP contribution in [-0.2, 0) is 23.7 Å². The third-order valence-corrected chi connectivity index (χ3v) is 11.2. The molecular formula is C40H64N2O6. The third kappa shape index (κ3) is 11.7. The summed E-state index contributed by atoms with van der Waals surface area (Å²) in [4.78, 5) is 30.4. The van der Waals surface area contributed by atoms with Crippen molar-refractivity contribution in [2.24, 2.45) is 11.8 Å². The van der Waals surface area contributed by atoms with Crippen LogP contribution in [0.25, 0.3) is 0 Å². The van der Waals surface area contributed by atoms with Crippen molar-refractivity contribution in [3.63, 3.8) is 0 Å². The van der Waals surface area contributed by atoms with Crippen LogP contribution in [0.4, 0.5) is 4.79 Å². The van der Waals surface area contributed by atoms with Gasteiger partial charge in [-0.15, -0.1) is 0 Å². The SMILES string of the molecule is C/C=C1\CC2CC(=O)OC(/C=C/CCCCOC(=O)N3CCC(N4CCCCC4)CC3)C(C)/C=C/C(C)CC3CCCC(CC(C1)O2)O3. The number of esters is 1. The van der Waals surface area contributed by atoms with E-state index in [0.717, 1.165) is 83.7 Å². The van der Waals surface area contributed by atoms with Crippen molar-refractivity contribution in [1.29, 1.82) is 0 Å². The van der Waals surface area contributed by atoms with E-state index in [0.29, 0.717) is 18.6 Å². The van der Waals surface area contributed by atoms with Gasteiger partial charge in [-0.2, -0.15) is 0 Å². The monoisotopic (exact) mass is 668 g/mol. The van der Waals surface area contributed by atoms with Crippen molar-refractivity contribution in [1.82, 2.24) is 9.80 Å². The normalized spacial score (nSPS) is 35.0. The molecule has 5 aliphatic heterocycles. The number of likely N-dealkylation sites (tertiary alicyclic amines) is 2. The van der Waals surface area contributed by atoms with E-state index < -0.39 is 0 Å². The van der Waals surface area contributed by atoms with Gasteiger partial charge in [-0.25, -0.2) is 4.79 Å². The van der Waals surface area contributed by atoms with Gasteiger partial charge in [0.05, 0.1) is 37.4 Å². The van der Waals surface area contributed by atoms with E-state index in [-0.39, 0.29) is 54.9 Å². The Hall–Kier alpha value is -2.16. The van der Waals surface area contributed by atoms with Crippen LogP contribution >= 0.6 is 0 Å². The number of carbonyl (C=O) groups excluding carboxylic acids is 2. The highest BCUT2D eigenvalue weighted by atomic mass is 16.6. The summed E-state index contributed by atoms with van der Waals surface area (Å²) < 4.78 is 24.8. The number of amides is 1. The van der Waals surface area contributed by atoms with Crippen LogP contribution in [0, 0.1) is 11.8 Å². The highest BCUT2D eigenvalue weighted by molar-refractivity contribution is 5.70. The van der Waals surface area contributed by atoms with E-state index in [9.17, 15) is 9.59 Å². The van der Waals surface area contributed by atoms with Crippen molar-refractivity contribution in [2.75, 3.05) is 32.8 Å². The lowest BCUT2D eigenvalue weighted by atomic mass is 9.90. The van der Waals surface area contributed by atoms with Crippen LogP contribution in [0.2, 0.25) is 0 Å². The molecular weight excluding hydrogens is 604 g/mol. The standard InChI is InChI=1S/C40H64N2O6/c1-4-32-26-36-28-35-14-12-13-34(46-35)25-30(2)16-17-31(3)38(48-39(43)29-37(27-32)47-36)15-8-5-6-11-24-45-40(44)42-22-18-33(19-23-42)41-20-9-7-10-21-41/h4,8,15-17,30-31,33-38H,5-7,9-14,18-29H2,1-3H3/b15-8+,17-16+,32-4-. The van der Waals surface area contributed by atoms with Gasteiger partial charge in [0, 0.05) is 31.5 Å². The second kappa shape index (κ2) is 19.3. The topological polar surface area (TPSA) is 77.5 Å². The van der Waals surface area contributed by atoms with Crippen molar-refractivity contribution in [3.05, 3.63) is 36.0 Å². The minimum atomic E-state index is -0.338. The zero-order valence-corrected chi connectivity index (χ0v) is 30.2. The summed E-state index contributed by atoms with van der Waals surface area (Å²) in [5, 5.41) is 0. The van der Waals surface area contributed by atoms with Gasteiger partial charge in [0.1, 0.15) is 6.10 Å². The molecule has 270 valence electrons. The van der Waals surface area contributed by atoms with Gasteiger partial charge in [-0.1, -0.05) is 50.1 Å². The zero-order valence-electron chi connectivity index (χ0n) is 30.2. The summed E-state index contributed by atoms with van der Waals surface area (Å²) >= 11 is 0. The first kappa shape index (κ1) is 37.1. The van der Waals surface area contributed by atoms with Crippen LogP contribution in [-0.4, -0.2) is 91.2 Å². The van der Waals surface area contributed by atoms with E-state index in [4.69, 9.17) is 18.9 Å². The fraction of sp³-hybridized carbons (Fsp3) is 0.800. The average Bonchev–Trinajstić information content (AvgIpc) is 3.09. The number of carbonyl (C=O) groups is 2. The highest BCUT2D eigenvalue weighted by Gasteiger charge is 2.33. The Bertz CT molecular complexity index is 1090. The maximum atomic E-state index is 13.3. The lowest BCUT2D eigenvalue weighted by Gasteiger charge is -2.39. The van der Waals surface area contributed by atoms with E-state index in [1.54, 1.807) is 0 Å². The van der Waals surface area contributed by atoms with Crippen molar-refractivity contribution >= 4 is 12.1 Å². The Morgan fingerprint density at radius 3 is 2.35 bits per heavy atom. The molecule has 7 atom stereocenters. The molecule has 0 spiro atoms. The molecule has 4 saturated heterocycles. The highest BCUT2D eigenvalue weighted by Crippen LogP contribution is 2.33. The summed E-state index contributed by atoms with van der Waals surface area (Å²) in [5.41, 5.74) is 1.36. The van der Waals surface area contributed by atoms with Crippen LogP contribution in [0.3, 0.4) is 0 Å². The van der Waals surface area contributed by atoms with E-state index in [1.165, 1.54) is 44.3 Å². The van der Waals surface area contributed by atoms with E-state index >= 15 is 0 Å². The van der Waals surface area contributed by atoms with Gasteiger partial charge in [0.2, 0.25) is 0 Å². The lowest BCUT2D eigenvalue weighted by Crippen LogP contribution is -2.48. The quantitative estimate of drug-likeness (QED) is 0.154. The third-order valence-electron chi connectivity index (χ3n) is 11.2. The average molecular weight is 669 g/mol. The molecule has 0 aromatic heterocycles. The molecule has 1 amide bonds. The largest absolute Gasteiger partial charge is 0.457 e. The molecule has 0 saturated carbocycles. The maximum absolute atomic E-state index is 13.3. The molecule has 48 heavy (non-hydrogen) atoms. The van der Waals surface area contributed by atoms with Crippen LogP contribution in [0.5, 0.6) is 0 Å². The van der Waals surface area contributed by atoms with Gasteiger partial charge < -0.3 is 28.7 Å². The number of nitrogens with zero attached hydrogens (tertiary/aromatic N) is 2. The summed E-state index contributed by atoms with van der Waals surface area (Å²) in [6.07, 6.45) is 26.7. The van der Waals surface area contributed by atoms with Crippen LogP contribution < -0.4 is 0 Å². The zero-order chi connectivity index (χ0) is 33.7. The molecule has 5 aliphatic rings. The minimum Gasteiger partial charge on any atom is -0.457 e. The summed E-state index contributed by atoms with van der Waals surface area (Å²) in [6, 6.07) is 0.624. The van der Waals surface area contributed by atoms with Crippen molar-refractivity contribution < 1.29 is 28.5 Å². The molecule has 8 nitrogen and oxygen atoms in total. The summed E-state index contributed by atoms with van der Waals surface area (Å²) in [7, 11) is 0. The van der Waals surface area contributed by atoms with Gasteiger partial charge in [-0.05, 0) is 115 Å². The number of hydrogen-bond acceptors (Lipinski definition) is 7. The number of hydrogen-bond donors (Lipinski definition) is 0. The Morgan fingerprint density at radius 2 is 1.58 bits per heavy atom. The predicted molar refractivity (Wildman–Crippen MR) is 190 cm³/mol. The second-order valence-electron chi connectivity index (χ2n) is 15.3. The number of cyclic esters (lactones) is 1. The molecule has 5 heterocycles. The molecule has 4 fully saturated rings. The van der Waals surface area contributed by atoms with Gasteiger partial charge >= 0.3 is 12.1 Å². The number of piperidine rings is 2. The smallest absolute Gasteiger partial charge is 0.409 e. The summed E-state index contributed by atoms with van der Waals surface area (Å²) in [5.74, 6) is 0.233. The first-order valence-electron chi connectivity index (χ1n) is 19.5.